The maximum Gasteiger partial charge on any atom is 0.197 e. The Morgan fingerprint density at radius 2 is 0.908 bits per heavy atom. The highest BCUT2D eigenvalue weighted by atomic mass is 15.0. The summed E-state index contributed by atoms with van der Waals surface area (Å²) in [7, 11) is 0. The van der Waals surface area contributed by atoms with Crippen LogP contribution in [-0.4, -0.2) is 9.13 Å². The lowest BCUT2D eigenvalue weighted by Crippen LogP contribution is -2.04. The maximum atomic E-state index is 9.95. The Kier molecular flexibility index (Phi) is 9.35. The predicted molar refractivity (Wildman–Crippen MR) is 272 cm³/mol. The molecule has 0 amide bonds. The minimum Gasteiger partial charge on any atom is -0.310 e. The number of nitrogens with zero attached hydrogens (tertiary/aromatic N) is 4. The maximum absolute atomic E-state index is 9.95. The molecule has 308 valence electrons. The van der Waals surface area contributed by atoms with E-state index in [4.69, 9.17) is 6.57 Å². The molecule has 0 saturated carbocycles. The van der Waals surface area contributed by atoms with Gasteiger partial charge < -0.3 is 9.13 Å². The number of hydrogen-bond donors (Lipinski definition) is 0. The molecular formula is C61H44N4. The molecular weight excluding hydrogens is 789 g/mol. The van der Waals surface area contributed by atoms with E-state index in [0.717, 1.165) is 82.8 Å². The quantitative estimate of drug-likeness (QED) is 0.154. The van der Waals surface area contributed by atoms with Crippen molar-refractivity contribution in [3.05, 3.63) is 221 Å². The number of aromatic nitrogens is 2. The summed E-state index contributed by atoms with van der Waals surface area (Å²) in [6.45, 7) is 19.5. The molecule has 0 aliphatic heterocycles. The zero-order valence-corrected chi connectivity index (χ0v) is 37.0. The molecule has 9 aromatic carbocycles. The topological polar surface area (TPSA) is 38.0 Å². The smallest absolute Gasteiger partial charge is 0.197 e. The van der Waals surface area contributed by atoms with Gasteiger partial charge >= 0.3 is 0 Å². The number of para-hydroxylation sites is 2. The fraction of sp³-hybridized carbons (Fsp3) is 0.0820. The third-order valence-electron chi connectivity index (χ3n) is 13.3. The van der Waals surface area contributed by atoms with Crippen LogP contribution in [0, 0.1) is 52.5 Å². The van der Waals surface area contributed by atoms with Gasteiger partial charge in [0, 0.05) is 38.4 Å². The van der Waals surface area contributed by atoms with E-state index in [2.05, 4.69) is 206 Å². The average Bonchev–Trinajstić information content (AvgIpc) is 3.83. The van der Waals surface area contributed by atoms with Crippen molar-refractivity contribution in [3.8, 4) is 62.0 Å². The van der Waals surface area contributed by atoms with Gasteiger partial charge in [0.1, 0.15) is 0 Å². The second-order valence-corrected chi connectivity index (χ2v) is 17.4. The van der Waals surface area contributed by atoms with Gasteiger partial charge in [-0.2, -0.15) is 5.26 Å². The van der Waals surface area contributed by atoms with Gasteiger partial charge in [0.2, 0.25) is 0 Å². The molecule has 2 aromatic heterocycles. The van der Waals surface area contributed by atoms with Crippen molar-refractivity contribution in [1.29, 1.82) is 5.26 Å². The largest absolute Gasteiger partial charge is 0.310 e. The van der Waals surface area contributed by atoms with Gasteiger partial charge in [-0.05, 0) is 145 Å². The van der Waals surface area contributed by atoms with Crippen LogP contribution >= 0.6 is 0 Å². The van der Waals surface area contributed by atoms with Crippen LogP contribution in [-0.2, 0) is 0 Å². The van der Waals surface area contributed by atoms with Crippen LogP contribution in [0.4, 0.5) is 5.69 Å². The molecule has 0 N–H and O–H groups in total. The van der Waals surface area contributed by atoms with Gasteiger partial charge in [-0.25, -0.2) is 4.85 Å². The lowest BCUT2D eigenvalue weighted by Gasteiger charge is -2.23. The van der Waals surface area contributed by atoms with Gasteiger partial charge in [0.05, 0.1) is 46.0 Å². The first-order chi connectivity index (χ1) is 31.7. The normalized spacial score (nSPS) is 11.4. The van der Waals surface area contributed by atoms with Crippen molar-refractivity contribution in [1.82, 2.24) is 9.13 Å². The number of nitriles is 1. The molecule has 0 unspecified atom stereocenters. The van der Waals surface area contributed by atoms with E-state index in [9.17, 15) is 5.26 Å². The number of fused-ring (bicyclic) bond motifs is 6. The summed E-state index contributed by atoms with van der Waals surface area (Å²) in [6.07, 6.45) is 0. The molecule has 0 bridgehead atoms. The molecule has 11 aromatic rings. The first kappa shape index (κ1) is 39.4. The van der Waals surface area contributed by atoms with E-state index in [1.165, 1.54) is 44.5 Å². The van der Waals surface area contributed by atoms with E-state index in [1.54, 1.807) is 0 Å². The zero-order chi connectivity index (χ0) is 44.5. The third kappa shape index (κ3) is 6.34. The average molecular weight is 833 g/mol. The molecule has 65 heavy (non-hydrogen) atoms. The fourth-order valence-electron chi connectivity index (χ4n) is 10.4. The van der Waals surface area contributed by atoms with Gasteiger partial charge in [0.25, 0.3) is 0 Å². The van der Waals surface area contributed by atoms with Crippen LogP contribution < -0.4 is 0 Å². The molecule has 0 saturated heterocycles. The number of rotatable bonds is 6. The fourth-order valence-corrected chi connectivity index (χ4v) is 10.4. The molecule has 0 fully saturated rings. The van der Waals surface area contributed by atoms with Crippen molar-refractivity contribution in [2.45, 2.75) is 34.6 Å². The Balaban J connectivity index is 1.25. The second-order valence-electron chi connectivity index (χ2n) is 17.4. The molecule has 4 nitrogen and oxygen atoms in total. The summed E-state index contributed by atoms with van der Waals surface area (Å²) >= 11 is 0. The Hall–Kier alpha value is -8.44. The van der Waals surface area contributed by atoms with Gasteiger partial charge in [-0.1, -0.05) is 126 Å². The summed E-state index contributed by atoms with van der Waals surface area (Å²) < 4.78 is 4.75. The van der Waals surface area contributed by atoms with Crippen LogP contribution in [0.25, 0.3) is 104 Å². The van der Waals surface area contributed by atoms with E-state index in [0.29, 0.717) is 11.3 Å². The number of aryl methyl sites for hydroxylation is 5. The molecule has 0 aliphatic carbocycles. The predicted octanol–water partition coefficient (Wildman–Crippen LogP) is 16.5. The van der Waals surface area contributed by atoms with E-state index >= 15 is 0 Å². The third-order valence-corrected chi connectivity index (χ3v) is 13.3. The summed E-state index contributed by atoms with van der Waals surface area (Å²) in [5.41, 5.74) is 21.9. The van der Waals surface area contributed by atoms with Crippen LogP contribution in [0.1, 0.15) is 33.4 Å². The molecule has 0 atom stereocenters. The monoisotopic (exact) mass is 832 g/mol. The summed E-state index contributed by atoms with van der Waals surface area (Å²) in [4.78, 5) is 4.32. The molecule has 0 aliphatic rings. The van der Waals surface area contributed by atoms with Crippen LogP contribution in [0.5, 0.6) is 0 Å². The minimum atomic E-state index is 0.554. The molecule has 11 rings (SSSR count). The minimum absolute atomic E-state index is 0.554. The van der Waals surface area contributed by atoms with Gasteiger partial charge in [0.15, 0.2) is 5.69 Å². The number of hydrogen-bond acceptors (Lipinski definition) is 1. The standard InChI is InChI=1S/C61H44N4/c1-37-21-26-45(39(3)31-37)43-24-29-56-51(34-43)48-13-7-9-17-54(48)64(56)58-19-11-15-50(47-28-23-42(36-62)33-41(47)5)60(58)61-53(63-6)16-12-20-59(61)65-55-18-10-8-14-49(55)52-35-44(25-30-57(52)65)46-27-22-38(2)32-40(46)4/h7-35H,1-5H3. The highest BCUT2D eigenvalue weighted by molar-refractivity contribution is 6.14. The Morgan fingerprint density at radius 1 is 0.415 bits per heavy atom. The molecule has 0 radical (unpaired) electrons. The van der Waals surface area contributed by atoms with Crippen molar-refractivity contribution in [2.24, 2.45) is 0 Å². The van der Waals surface area contributed by atoms with Crippen molar-refractivity contribution in [2.75, 3.05) is 0 Å². The van der Waals surface area contributed by atoms with E-state index < -0.39 is 0 Å². The first-order valence-corrected chi connectivity index (χ1v) is 22.1. The molecule has 2 heterocycles. The van der Waals surface area contributed by atoms with Crippen LogP contribution in [0.3, 0.4) is 0 Å². The summed E-state index contributed by atoms with van der Waals surface area (Å²) in [6, 6.07) is 65.1. The summed E-state index contributed by atoms with van der Waals surface area (Å²) in [5, 5.41) is 14.6. The zero-order valence-electron chi connectivity index (χ0n) is 37.0. The second kappa shape index (κ2) is 15.4. The number of benzene rings is 9. The molecule has 4 heteroatoms. The highest BCUT2D eigenvalue weighted by Gasteiger charge is 2.26. The van der Waals surface area contributed by atoms with E-state index in [-0.39, 0.29) is 0 Å². The van der Waals surface area contributed by atoms with Crippen LogP contribution in [0.15, 0.2) is 176 Å². The van der Waals surface area contributed by atoms with Crippen molar-refractivity contribution >= 4 is 49.3 Å². The SMILES string of the molecule is [C-]#[N+]c1cccc(-n2c3ccccc3c3cc(-c4ccc(C)cc4C)ccc32)c1-c1c(-c2ccc(C#N)cc2C)cccc1-n1c2ccccc2c2cc(-c3ccc(C)cc3C)ccc21. The van der Waals surface area contributed by atoms with E-state index in [1.807, 2.05) is 24.3 Å². The van der Waals surface area contributed by atoms with Crippen molar-refractivity contribution in [3.63, 3.8) is 0 Å². The summed E-state index contributed by atoms with van der Waals surface area (Å²) in [5.74, 6) is 0. The Bertz CT molecular complexity index is 3860. The lowest BCUT2D eigenvalue weighted by atomic mass is 9.88. The Morgan fingerprint density at radius 3 is 1.43 bits per heavy atom. The van der Waals surface area contributed by atoms with Gasteiger partial charge in [-0.15, -0.1) is 0 Å². The van der Waals surface area contributed by atoms with Gasteiger partial charge in [-0.3, -0.25) is 0 Å². The Labute approximate surface area is 379 Å². The van der Waals surface area contributed by atoms with Crippen LogP contribution in [0.2, 0.25) is 0 Å². The molecule has 0 spiro atoms. The highest BCUT2D eigenvalue weighted by Crippen LogP contribution is 2.49. The van der Waals surface area contributed by atoms with Crippen molar-refractivity contribution < 1.29 is 0 Å². The first-order valence-electron chi connectivity index (χ1n) is 22.1. The lowest BCUT2D eigenvalue weighted by molar-refractivity contribution is 1.16.